The lowest BCUT2D eigenvalue weighted by atomic mass is 9.96. The van der Waals surface area contributed by atoms with Gasteiger partial charge in [0.05, 0.1) is 12.6 Å². The summed E-state index contributed by atoms with van der Waals surface area (Å²) in [4.78, 5) is 13.5. The predicted octanol–water partition coefficient (Wildman–Crippen LogP) is 2.59. The molecule has 16 heavy (non-hydrogen) atoms. The van der Waals surface area contributed by atoms with Crippen molar-refractivity contribution in [2.75, 3.05) is 0 Å². The number of halogens is 1. The summed E-state index contributed by atoms with van der Waals surface area (Å²) in [6, 6.07) is 4.28. The Morgan fingerprint density at radius 3 is 2.94 bits per heavy atom. The van der Waals surface area contributed by atoms with Crippen LogP contribution in [-0.4, -0.2) is 12.2 Å². The lowest BCUT2D eigenvalue weighted by Gasteiger charge is -2.27. The van der Waals surface area contributed by atoms with E-state index in [1.807, 2.05) is 0 Å². The van der Waals surface area contributed by atoms with Crippen LogP contribution in [0.4, 0.5) is 4.39 Å². The molecule has 2 rings (SSSR count). The van der Waals surface area contributed by atoms with Gasteiger partial charge in [-0.15, -0.1) is 0 Å². The molecule has 0 N–H and O–H groups in total. The Balaban J connectivity index is 2.16. The van der Waals surface area contributed by atoms with Gasteiger partial charge in [0.25, 0.3) is 0 Å². The molecular weight excluding hydrogens is 209 g/mol. The first-order valence-electron chi connectivity index (χ1n) is 5.28. The fourth-order valence-corrected chi connectivity index (χ4v) is 1.57. The predicted molar refractivity (Wildman–Crippen MR) is 56.5 cm³/mol. The summed E-state index contributed by atoms with van der Waals surface area (Å²) in [6.07, 6.45) is 4.91. The molecule has 1 aromatic carbocycles. The van der Waals surface area contributed by atoms with E-state index >= 15 is 0 Å². The van der Waals surface area contributed by atoms with Crippen molar-refractivity contribution in [3.8, 4) is 5.75 Å². The molecule has 0 radical (unpaired) electrons. The lowest BCUT2D eigenvalue weighted by molar-refractivity contribution is 0.119. The van der Waals surface area contributed by atoms with Crippen molar-refractivity contribution in [2.24, 2.45) is 4.99 Å². The highest BCUT2D eigenvalue weighted by Crippen LogP contribution is 2.28. The van der Waals surface area contributed by atoms with Gasteiger partial charge >= 0.3 is 0 Å². The molecule has 1 fully saturated rings. The molecule has 1 aliphatic carbocycles. The van der Waals surface area contributed by atoms with Gasteiger partial charge < -0.3 is 4.74 Å². The Hall–Kier alpha value is -1.67. The molecule has 3 nitrogen and oxygen atoms in total. The molecule has 4 heteroatoms. The van der Waals surface area contributed by atoms with E-state index < -0.39 is 0 Å². The second-order valence-corrected chi connectivity index (χ2v) is 3.83. The van der Waals surface area contributed by atoms with E-state index in [4.69, 9.17) is 4.74 Å². The lowest BCUT2D eigenvalue weighted by Crippen LogP contribution is -2.25. The van der Waals surface area contributed by atoms with Gasteiger partial charge in [0, 0.05) is 5.56 Å². The molecular formula is C12H12FNO2. The van der Waals surface area contributed by atoms with Crippen molar-refractivity contribution in [1.82, 2.24) is 0 Å². The number of carbonyl (C=O) groups excluding carboxylic acids is 1. The van der Waals surface area contributed by atoms with E-state index in [-0.39, 0.29) is 18.5 Å². The second-order valence-electron chi connectivity index (χ2n) is 3.83. The third-order valence-corrected chi connectivity index (χ3v) is 2.68. The average molecular weight is 221 g/mol. The van der Waals surface area contributed by atoms with Crippen LogP contribution in [0, 0.1) is 5.82 Å². The molecule has 0 bridgehead atoms. The molecule has 0 unspecified atom stereocenters. The Bertz CT molecular complexity index is 423. The Kier molecular flexibility index (Phi) is 3.32. The first kappa shape index (κ1) is 10.8. The summed E-state index contributed by atoms with van der Waals surface area (Å²) >= 11 is 0. The van der Waals surface area contributed by atoms with Crippen molar-refractivity contribution in [3.63, 3.8) is 0 Å². The number of ether oxygens (including phenoxy) is 1. The fourth-order valence-electron chi connectivity index (χ4n) is 1.57. The van der Waals surface area contributed by atoms with Crippen molar-refractivity contribution < 1.29 is 13.9 Å². The molecule has 0 aromatic heterocycles. The zero-order chi connectivity index (χ0) is 11.4. The summed E-state index contributed by atoms with van der Waals surface area (Å²) in [6.45, 7) is 0.114. The SMILES string of the molecule is O=C=NCc1cc(F)ccc1OC1CCC1. The molecule has 0 heterocycles. The normalized spacial score (nSPS) is 15.1. The van der Waals surface area contributed by atoms with Gasteiger partial charge in [0.15, 0.2) is 0 Å². The van der Waals surface area contributed by atoms with Crippen molar-refractivity contribution in [2.45, 2.75) is 31.9 Å². The maximum absolute atomic E-state index is 13.0. The summed E-state index contributed by atoms with van der Waals surface area (Å²) in [5.74, 6) is 0.266. The van der Waals surface area contributed by atoms with Crippen LogP contribution in [0.2, 0.25) is 0 Å². The molecule has 0 amide bonds. The Morgan fingerprint density at radius 2 is 2.31 bits per heavy atom. The topological polar surface area (TPSA) is 38.7 Å². The van der Waals surface area contributed by atoms with Gasteiger partial charge in [-0.1, -0.05) is 0 Å². The van der Waals surface area contributed by atoms with Crippen LogP contribution in [0.3, 0.4) is 0 Å². The van der Waals surface area contributed by atoms with Crippen LogP contribution >= 0.6 is 0 Å². The summed E-state index contributed by atoms with van der Waals surface area (Å²) in [5, 5.41) is 0. The van der Waals surface area contributed by atoms with E-state index in [0.717, 1.165) is 12.8 Å². The highest BCUT2D eigenvalue weighted by molar-refractivity contribution is 5.38. The number of benzene rings is 1. The van der Waals surface area contributed by atoms with Gasteiger partial charge in [-0.25, -0.2) is 14.2 Å². The van der Waals surface area contributed by atoms with E-state index in [1.165, 1.54) is 24.6 Å². The molecule has 0 aliphatic heterocycles. The number of nitrogens with zero attached hydrogens (tertiary/aromatic N) is 1. The number of hydrogen-bond donors (Lipinski definition) is 0. The van der Waals surface area contributed by atoms with Crippen LogP contribution in [0.25, 0.3) is 0 Å². The Labute approximate surface area is 93.0 Å². The van der Waals surface area contributed by atoms with Crippen LogP contribution < -0.4 is 4.74 Å². The van der Waals surface area contributed by atoms with Crippen LogP contribution in [0.1, 0.15) is 24.8 Å². The van der Waals surface area contributed by atoms with E-state index in [0.29, 0.717) is 11.3 Å². The minimum absolute atomic E-state index is 0.114. The van der Waals surface area contributed by atoms with Gasteiger partial charge in [-0.3, -0.25) is 0 Å². The quantitative estimate of drug-likeness (QED) is 0.579. The molecule has 0 spiro atoms. The highest BCUT2D eigenvalue weighted by atomic mass is 19.1. The van der Waals surface area contributed by atoms with Crippen molar-refractivity contribution in [1.29, 1.82) is 0 Å². The molecule has 84 valence electrons. The van der Waals surface area contributed by atoms with Crippen molar-refractivity contribution >= 4 is 6.08 Å². The fraction of sp³-hybridized carbons (Fsp3) is 0.417. The second kappa shape index (κ2) is 4.90. The smallest absolute Gasteiger partial charge is 0.235 e. The first-order valence-corrected chi connectivity index (χ1v) is 5.28. The van der Waals surface area contributed by atoms with Crippen LogP contribution in [0.5, 0.6) is 5.75 Å². The minimum atomic E-state index is -0.350. The largest absolute Gasteiger partial charge is 0.490 e. The Morgan fingerprint density at radius 1 is 1.50 bits per heavy atom. The van der Waals surface area contributed by atoms with Gasteiger partial charge in [-0.2, -0.15) is 0 Å². The molecule has 1 saturated carbocycles. The first-order chi connectivity index (χ1) is 7.79. The molecule has 1 aliphatic rings. The molecule has 1 aromatic rings. The zero-order valence-electron chi connectivity index (χ0n) is 8.78. The van der Waals surface area contributed by atoms with E-state index in [2.05, 4.69) is 4.99 Å². The third-order valence-electron chi connectivity index (χ3n) is 2.68. The average Bonchev–Trinajstić information content (AvgIpc) is 2.22. The monoisotopic (exact) mass is 221 g/mol. The summed E-state index contributed by atoms with van der Waals surface area (Å²) in [5.41, 5.74) is 0.593. The van der Waals surface area contributed by atoms with E-state index in [1.54, 1.807) is 6.07 Å². The van der Waals surface area contributed by atoms with Gasteiger partial charge in [0.1, 0.15) is 11.6 Å². The highest BCUT2D eigenvalue weighted by Gasteiger charge is 2.20. The minimum Gasteiger partial charge on any atom is -0.490 e. The summed E-state index contributed by atoms with van der Waals surface area (Å²) < 4.78 is 18.7. The maximum Gasteiger partial charge on any atom is 0.235 e. The van der Waals surface area contributed by atoms with Gasteiger partial charge in [0.2, 0.25) is 6.08 Å². The summed E-state index contributed by atoms with van der Waals surface area (Å²) in [7, 11) is 0. The maximum atomic E-state index is 13.0. The number of rotatable bonds is 4. The van der Waals surface area contributed by atoms with E-state index in [9.17, 15) is 9.18 Å². The van der Waals surface area contributed by atoms with Crippen LogP contribution in [-0.2, 0) is 11.3 Å². The van der Waals surface area contributed by atoms with Crippen molar-refractivity contribution in [3.05, 3.63) is 29.6 Å². The zero-order valence-corrected chi connectivity index (χ0v) is 8.78. The van der Waals surface area contributed by atoms with Gasteiger partial charge in [-0.05, 0) is 37.5 Å². The number of isocyanates is 1. The molecule has 0 atom stereocenters. The standard InChI is InChI=1S/C12H12FNO2/c13-10-4-5-12(16-11-2-1-3-11)9(6-10)7-14-8-15/h4-6,11H,1-3,7H2. The third kappa shape index (κ3) is 2.47. The number of hydrogen-bond acceptors (Lipinski definition) is 3. The number of aliphatic imine (C=N–C) groups is 1. The van der Waals surface area contributed by atoms with Crippen LogP contribution in [0.15, 0.2) is 23.2 Å². The molecule has 0 saturated heterocycles.